The van der Waals surface area contributed by atoms with E-state index in [0.29, 0.717) is 28.1 Å². The summed E-state index contributed by atoms with van der Waals surface area (Å²) in [6.45, 7) is 3.68. The second-order valence-corrected chi connectivity index (χ2v) is 8.84. The van der Waals surface area contributed by atoms with Crippen LogP contribution < -0.4 is 9.64 Å². The summed E-state index contributed by atoms with van der Waals surface area (Å²) in [5.41, 5.74) is 3.40. The van der Waals surface area contributed by atoms with Gasteiger partial charge in [0.15, 0.2) is 0 Å². The Kier molecular flexibility index (Phi) is 7.02. The van der Waals surface area contributed by atoms with Crippen LogP contribution in [0.1, 0.15) is 33.9 Å². The van der Waals surface area contributed by atoms with Gasteiger partial charge >= 0.3 is 5.97 Å². The Hall–Kier alpha value is -4.59. The highest BCUT2D eigenvalue weighted by molar-refractivity contribution is 6.51. The third-order valence-electron chi connectivity index (χ3n) is 6.32. The summed E-state index contributed by atoms with van der Waals surface area (Å²) in [7, 11) is 2.78. The number of anilines is 1. The maximum atomic E-state index is 13.4. The number of ketones is 1. The first kappa shape index (κ1) is 25.5. The van der Waals surface area contributed by atoms with Crippen LogP contribution in [-0.4, -0.2) is 42.1 Å². The first-order valence-corrected chi connectivity index (χ1v) is 11.6. The molecule has 1 saturated heterocycles. The number of hydrogen-bond acceptors (Lipinski definition) is 7. The van der Waals surface area contributed by atoms with Crippen LogP contribution in [0.3, 0.4) is 0 Å². The lowest BCUT2D eigenvalue weighted by molar-refractivity contribution is -0.139. The molecule has 0 bridgehead atoms. The Bertz CT molecular complexity index is 1410. The normalized spacial score (nSPS) is 16.6. The number of aryl methyl sites for hydroxylation is 2. The Labute approximate surface area is 214 Å². The van der Waals surface area contributed by atoms with Gasteiger partial charge in [-0.25, -0.2) is 0 Å². The van der Waals surface area contributed by atoms with E-state index in [1.165, 1.54) is 31.3 Å². The molecule has 1 amide bonds. The number of ether oxygens (including phenoxy) is 2. The Morgan fingerprint density at radius 3 is 2.22 bits per heavy atom. The predicted octanol–water partition coefficient (Wildman–Crippen LogP) is 4.36. The molecule has 37 heavy (non-hydrogen) atoms. The maximum absolute atomic E-state index is 13.4. The van der Waals surface area contributed by atoms with Crippen molar-refractivity contribution in [3.05, 3.63) is 94.1 Å². The average molecular weight is 502 g/mol. The number of carbonyl (C=O) groups excluding carboxylic acids is 3. The van der Waals surface area contributed by atoms with Gasteiger partial charge in [-0.2, -0.15) is 0 Å². The molecule has 8 nitrogen and oxygen atoms in total. The van der Waals surface area contributed by atoms with Crippen molar-refractivity contribution in [3.63, 3.8) is 0 Å². The van der Waals surface area contributed by atoms with Crippen LogP contribution in [0.15, 0.2) is 66.2 Å². The molecule has 0 radical (unpaired) electrons. The molecule has 3 aromatic carbocycles. The highest BCUT2D eigenvalue weighted by atomic mass is 16.5. The van der Waals surface area contributed by atoms with Crippen molar-refractivity contribution in [3.8, 4) is 11.5 Å². The van der Waals surface area contributed by atoms with Crippen molar-refractivity contribution >= 4 is 29.1 Å². The molecule has 3 aromatic rings. The number of nitrogens with zero attached hydrogens (tertiary/aromatic N) is 1. The number of carbonyl (C=O) groups is 3. The zero-order valence-electron chi connectivity index (χ0n) is 20.9. The fourth-order valence-corrected chi connectivity index (χ4v) is 4.63. The lowest BCUT2D eigenvalue weighted by Gasteiger charge is -2.26. The van der Waals surface area contributed by atoms with Crippen molar-refractivity contribution < 1.29 is 34.1 Å². The molecule has 190 valence electrons. The Morgan fingerprint density at radius 2 is 1.62 bits per heavy atom. The molecule has 0 spiro atoms. The van der Waals surface area contributed by atoms with E-state index < -0.39 is 23.7 Å². The molecule has 1 fully saturated rings. The van der Waals surface area contributed by atoms with Crippen molar-refractivity contribution in [2.45, 2.75) is 26.3 Å². The monoisotopic (exact) mass is 501 g/mol. The van der Waals surface area contributed by atoms with E-state index >= 15 is 0 Å². The van der Waals surface area contributed by atoms with Gasteiger partial charge in [-0.15, -0.1) is 0 Å². The van der Waals surface area contributed by atoms with Gasteiger partial charge in [0.2, 0.25) is 0 Å². The molecule has 1 aliphatic heterocycles. The number of hydrogen-bond donors (Lipinski definition) is 2. The van der Waals surface area contributed by atoms with Gasteiger partial charge in [0.25, 0.3) is 11.7 Å². The molecule has 0 aliphatic carbocycles. The zero-order valence-corrected chi connectivity index (χ0v) is 20.9. The summed E-state index contributed by atoms with van der Waals surface area (Å²) < 4.78 is 10.2. The second-order valence-electron chi connectivity index (χ2n) is 8.84. The minimum absolute atomic E-state index is 0.0174. The van der Waals surface area contributed by atoms with Gasteiger partial charge < -0.3 is 19.7 Å². The lowest BCUT2D eigenvalue weighted by atomic mass is 9.93. The third kappa shape index (κ3) is 4.78. The highest BCUT2D eigenvalue weighted by Gasteiger charge is 2.47. The SMILES string of the molecule is COC(=O)Cc1ccc(N2C(=O)C(=O)/C(=C(/O)c3cc(C)cc(C)c3OC)C2c2ccc(O)cc2)cc1. The van der Waals surface area contributed by atoms with Crippen LogP contribution in [0.25, 0.3) is 5.76 Å². The first-order chi connectivity index (χ1) is 17.7. The fourth-order valence-electron chi connectivity index (χ4n) is 4.63. The number of methoxy groups -OCH3 is 2. The summed E-state index contributed by atoms with van der Waals surface area (Å²) >= 11 is 0. The number of phenols is 1. The number of aromatic hydroxyl groups is 1. The summed E-state index contributed by atoms with van der Waals surface area (Å²) in [5, 5.41) is 21.3. The highest BCUT2D eigenvalue weighted by Crippen LogP contribution is 2.44. The largest absolute Gasteiger partial charge is 0.508 e. The van der Waals surface area contributed by atoms with Crippen LogP contribution >= 0.6 is 0 Å². The maximum Gasteiger partial charge on any atom is 0.309 e. The van der Waals surface area contributed by atoms with Gasteiger partial charge in [0.05, 0.1) is 37.8 Å². The average Bonchev–Trinajstić information content (AvgIpc) is 3.14. The van der Waals surface area contributed by atoms with Gasteiger partial charge in [-0.3, -0.25) is 19.3 Å². The summed E-state index contributed by atoms with van der Waals surface area (Å²) in [5.74, 6) is -2.02. The number of aliphatic hydroxyl groups is 1. The molecule has 1 aliphatic rings. The van der Waals surface area contributed by atoms with E-state index in [-0.39, 0.29) is 23.5 Å². The topological polar surface area (TPSA) is 113 Å². The number of amides is 1. The van der Waals surface area contributed by atoms with Gasteiger partial charge in [0.1, 0.15) is 17.3 Å². The van der Waals surface area contributed by atoms with Crippen molar-refractivity contribution in [1.29, 1.82) is 0 Å². The Morgan fingerprint density at radius 1 is 0.973 bits per heavy atom. The zero-order chi connectivity index (χ0) is 26.9. The quantitative estimate of drug-likeness (QED) is 0.223. The lowest BCUT2D eigenvalue weighted by Crippen LogP contribution is -2.29. The molecule has 0 saturated carbocycles. The van der Waals surface area contributed by atoms with E-state index in [9.17, 15) is 24.6 Å². The third-order valence-corrected chi connectivity index (χ3v) is 6.32. The van der Waals surface area contributed by atoms with E-state index in [0.717, 1.165) is 11.1 Å². The molecule has 1 atom stereocenters. The standard InChI is InChI=1S/C29H27NO7/c1-16-13-17(2)28(37-4)22(14-16)26(33)24-25(19-7-11-21(31)12-8-19)30(29(35)27(24)34)20-9-5-18(6-10-20)15-23(32)36-3/h5-14,25,31,33H,15H2,1-4H3/b26-24+. The van der Waals surface area contributed by atoms with E-state index in [1.807, 2.05) is 19.9 Å². The van der Waals surface area contributed by atoms with Crippen LogP contribution in [0.4, 0.5) is 5.69 Å². The molecular formula is C29H27NO7. The minimum atomic E-state index is -0.974. The van der Waals surface area contributed by atoms with Crippen molar-refractivity contribution in [1.82, 2.24) is 0 Å². The molecule has 0 aromatic heterocycles. The fraction of sp³-hybridized carbons (Fsp3) is 0.207. The predicted molar refractivity (Wildman–Crippen MR) is 138 cm³/mol. The molecule has 1 heterocycles. The number of esters is 1. The van der Waals surface area contributed by atoms with Crippen molar-refractivity contribution in [2.24, 2.45) is 0 Å². The van der Waals surface area contributed by atoms with Gasteiger partial charge in [-0.1, -0.05) is 30.3 Å². The van der Waals surface area contributed by atoms with Gasteiger partial charge in [-0.05, 0) is 66.4 Å². The van der Waals surface area contributed by atoms with E-state index in [4.69, 9.17) is 9.47 Å². The molecule has 8 heteroatoms. The first-order valence-electron chi connectivity index (χ1n) is 11.6. The Balaban J connectivity index is 1.91. The molecule has 2 N–H and O–H groups in total. The molecule has 1 unspecified atom stereocenters. The van der Waals surface area contributed by atoms with Crippen LogP contribution in [0.5, 0.6) is 11.5 Å². The van der Waals surface area contributed by atoms with Crippen LogP contribution in [-0.2, 0) is 25.5 Å². The minimum Gasteiger partial charge on any atom is -0.508 e. The van der Waals surface area contributed by atoms with E-state index in [1.54, 1.807) is 42.5 Å². The molecule has 4 rings (SSSR count). The van der Waals surface area contributed by atoms with E-state index in [2.05, 4.69) is 0 Å². The van der Waals surface area contributed by atoms with Crippen molar-refractivity contribution in [2.75, 3.05) is 19.1 Å². The number of Topliss-reactive ketones (excluding diaryl/α,β-unsaturated/α-hetero) is 1. The number of aliphatic hydroxyl groups excluding tert-OH is 1. The van der Waals surface area contributed by atoms with Crippen LogP contribution in [0, 0.1) is 13.8 Å². The summed E-state index contributed by atoms with van der Waals surface area (Å²) in [4.78, 5) is 39.7. The smallest absolute Gasteiger partial charge is 0.309 e. The second kappa shape index (κ2) is 10.2. The molecular weight excluding hydrogens is 474 g/mol. The summed E-state index contributed by atoms with van der Waals surface area (Å²) in [6.07, 6.45) is 0.0590. The number of phenolic OH excluding ortho intramolecular Hbond substituents is 1. The number of benzene rings is 3. The summed E-state index contributed by atoms with van der Waals surface area (Å²) in [6, 6.07) is 15.3. The number of rotatable bonds is 6. The van der Waals surface area contributed by atoms with Gasteiger partial charge in [0, 0.05) is 5.69 Å². The van der Waals surface area contributed by atoms with Crippen LogP contribution in [0.2, 0.25) is 0 Å².